The van der Waals surface area contributed by atoms with Gasteiger partial charge in [-0.1, -0.05) is 18.2 Å². The highest BCUT2D eigenvalue weighted by molar-refractivity contribution is 6.04. The Kier molecular flexibility index (Phi) is 5.51. The smallest absolute Gasteiger partial charge is 0.275 e. The van der Waals surface area contributed by atoms with Gasteiger partial charge in [0.1, 0.15) is 17.3 Å². The summed E-state index contributed by atoms with van der Waals surface area (Å²) in [4.78, 5) is 32.1. The number of hydrogen-bond donors (Lipinski definition) is 2. The third kappa shape index (κ3) is 4.72. The fraction of sp³-hybridized carbons (Fsp3) is 0.100. The summed E-state index contributed by atoms with van der Waals surface area (Å²) < 4.78 is 13.2. The maximum atomic E-state index is 13.2. The lowest BCUT2D eigenvalue weighted by molar-refractivity contribution is 0.0963. The molecule has 0 spiro atoms. The molecule has 0 saturated heterocycles. The van der Waals surface area contributed by atoms with Gasteiger partial charge in [0.05, 0.1) is 0 Å². The SMILES string of the molecule is CNC(=O)c1ccnc(C(=O)Nc2ccc(Cc3cccc(F)c3)cn2)c1. The third-order valence-electron chi connectivity index (χ3n) is 3.85. The fourth-order valence-electron chi connectivity index (χ4n) is 2.51. The summed E-state index contributed by atoms with van der Waals surface area (Å²) in [6.07, 6.45) is 3.55. The first-order valence-corrected chi connectivity index (χ1v) is 8.24. The molecule has 0 atom stereocenters. The van der Waals surface area contributed by atoms with E-state index in [0.29, 0.717) is 17.8 Å². The Morgan fingerprint density at radius 2 is 1.85 bits per heavy atom. The second-order valence-electron chi connectivity index (χ2n) is 5.82. The number of carbonyl (C=O) groups excluding carboxylic acids is 2. The molecule has 2 amide bonds. The number of carbonyl (C=O) groups is 2. The van der Waals surface area contributed by atoms with Crippen molar-refractivity contribution in [2.75, 3.05) is 12.4 Å². The van der Waals surface area contributed by atoms with Gasteiger partial charge in [-0.25, -0.2) is 9.37 Å². The van der Waals surface area contributed by atoms with Crippen molar-refractivity contribution >= 4 is 17.6 Å². The number of aromatic nitrogens is 2. The van der Waals surface area contributed by atoms with Crippen molar-refractivity contribution in [3.63, 3.8) is 0 Å². The molecule has 0 aliphatic carbocycles. The molecule has 3 aromatic rings. The van der Waals surface area contributed by atoms with Crippen molar-refractivity contribution in [3.8, 4) is 0 Å². The molecule has 136 valence electrons. The van der Waals surface area contributed by atoms with Crippen LogP contribution in [0.3, 0.4) is 0 Å². The number of hydrogen-bond acceptors (Lipinski definition) is 4. The number of anilines is 1. The monoisotopic (exact) mass is 364 g/mol. The molecule has 0 saturated carbocycles. The van der Waals surface area contributed by atoms with Crippen LogP contribution in [0.5, 0.6) is 0 Å². The van der Waals surface area contributed by atoms with Gasteiger partial charge in [0.15, 0.2) is 0 Å². The van der Waals surface area contributed by atoms with E-state index >= 15 is 0 Å². The minimum absolute atomic E-state index is 0.113. The number of benzene rings is 1. The molecule has 6 nitrogen and oxygen atoms in total. The molecule has 2 N–H and O–H groups in total. The van der Waals surface area contributed by atoms with Crippen LogP contribution in [0.15, 0.2) is 60.9 Å². The van der Waals surface area contributed by atoms with E-state index in [1.807, 2.05) is 12.1 Å². The summed E-state index contributed by atoms with van der Waals surface area (Å²) in [6.45, 7) is 0. The molecule has 0 aliphatic rings. The van der Waals surface area contributed by atoms with Crippen LogP contribution in [0, 0.1) is 5.82 Å². The Labute approximate surface area is 155 Å². The van der Waals surface area contributed by atoms with Crippen LogP contribution < -0.4 is 10.6 Å². The summed E-state index contributed by atoms with van der Waals surface area (Å²) in [5.41, 5.74) is 2.18. The average molecular weight is 364 g/mol. The fourth-order valence-corrected chi connectivity index (χ4v) is 2.51. The molecular formula is C20H17FN4O2. The summed E-state index contributed by atoms with van der Waals surface area (Å²) in [5.74, 6) is -0.691. The van der Waals surface area contributed by atoms with E-state index in [-0.39, 0.29) is 17.4 Å². The lowest BCUT2D eigenvalue weighted by Gasteiger charge is -2.07. The van der Waals surface area contributed by atoms with Gasteiger partial charge < -0.3 is 10.6 Å². The molecule has 3 rings (SSSR count). The molecule has 0 unspecified atom stereocenters. The van der Waals surface area contributed by atoms with E-state index < -0.39 is 5.91 Å². The van der Waals surface area contributed by atoms with Crippen LogP contribution in [0.4, 0.5) is 10.2 Å². The first-order chi connectivity index (χ1) is 13.0. The van der Waals surface area contributed by atoms with Crippen LogP contribution in [0.2, 0.25) is 0 Å². The molecule has 27 heavy (non-hydrogen) atoms. The van der Waals surface area contributed by atoms with E-state index in [9.17, 15) is 14.0 Å². The minimum atomic E-state index is -0.467. The first-order valence-electron chi connectivity index (χ1n) is 8.24. The highest BCUT2D eigenvalue weighted by atomic mass is 19.1. The van der Waals surface area contributed by atoms with Crippen molar-refractivity contribution in [3.05, 3.63) is 89.1 Å². The molecule has 2 heterocycles. The standard InChI is InChI=1S/C20H17FN4O2/c1-22-19(26)15-7-8-23-17(11-15)20(27)25-18-6-5-14(12-24-18)9-13-3-2-4-16(21)10-13/h2-8,10-12H,9H2,1H3,(H,22,26)(H,24,25,27). The highest BCUT2D eigenvalue weighted by Crippen LogP contribution is 2.13. The van der Waals surface area contributed by atoms with Crippen LogP contribution in [-0.2, 0) is 6.42 Å². The van der Waals surface area contributed by atoms with E-state index in [4.69, 9.17) is 0 Å². The maximum Gasteiger partial charge on any atom is 0.275 e. The van der Waals surface area contributed by atoms with Crippen molar-refractivity contribution in [1.82, 2.24) is 15.3 Å². The van der Waals surface area contributed by atoms with Crippen molar-refractivity contribution in [1.29, 1.82) is 0 Å². The number of halogens is 1. The van der Waals surface area contributed by atoms with E-state index in [1.54, 1.807) is 18.3 Å². The largest absolute Gasteiger partial charge is 0.355 e. The third-order valence-corrected chi connectivity index (χ3v) is 3.85. The zero-order valence-electron chi connectivity index (χ0n) is 14.6. The van der Waals surface area contributed by atoms with Gasteiger partial charge >= 0.3 is 0 Å². The maximum absolute atomic E-state index is 13.2. The Bertz CT molecular complexity index is 974. The summed E-state index contributed by atoms with van der Waals surface area (Å²) in [6, 6.07) is 12.8. The van der Waals surface area contributed by atoms with E-state index in [1.165, 1.54) is 37.5 Å². The topological polar surface area (TPSA) is 84.0 Å². The van der Waals surface area contributed by atoms with Gasteiger partial charge in [0.2, 0.25) is 0 Å². The molecule has 0 fully saturated rings. The van der Waals surface area contributed by atoms with Gasteiger partial charge in [0.25, 0.3) is 11.8 Å². The van der Waals surface area contributed by atoms with Gasteiger partial charge in [0, 0.05) is 25.0 Å². The number of amides is 2. The molecule has 1 aromatic carbocycles. The molecule has 0 aliphatic heterocycles. The van der Waals surface area contributed by atoms with Crippen LogP contribution >= 0.6 is 0 Å². The van der Waals surface area contributed by atoms with Crippen molar-refractivity contribution in [2.24, 2.45) is 0 Å². The average Bonchev–Trinajstić information content (AvgIpc) is 2.69. The van der Waals surface area contributed by atoms with Crippen LogP contribution in [0.25, 0.3) is 0 Å². The molecule has 0 radical (unpaired) electrons. The van der Waals surface area contributed by atoms with Crippen LogP contribution in [-0.4, -0.2) is 28.8 Å². The minimum Gasteiger partial charge on any atom is -0.355 e. The second kappa shape index (κ2) is 8.18. The summed E-state index contributed by atoms with van der Waals surface area (Å²) in [7, 11) is 1.51. The molecule has 0 bridgehead atoms. The summed E-state index contributed by atoms with van der Waals surface area (Å²) in [5, 5.41) is 5.13. The van der Waals surface area contributed by atoms with E-state index in [2.05, 4.69) is 20.6 Å². The Morgan fingerprint density at radius 1 is 1.00 bits per heavy atom. The van der Waals surface area contributed by atoms with Gasteiger partial charge in [-0.15, -0.1) is 0 Å². The van der Waals surface area contributed by atoms with E-state index in [0.717, 1.165) is 11.1 Å². The van der Waals surface area contributed by atoms with Gasteiger partial charge in [-0.05, 0) is 47.9 Å². The predicted octanol–water partition coefficient (Wildman–Crippen LogP) is 2.82. The van der Waals surface area contributed by atoms with Gasteiger partial charge in [-0.2, -0.15) is 0 Å². The van der Waals surface area contributed by atoms with Crippen molar-refractivity contribution < 1.29 is 14.0 Å². The summed E-state index contributed by atoms with van der Waals surface area (Å²) >= 11 is 0. The van der Waals surface area contributed by atoms with Crippen molar-refractivity contribution in [2.45, 2.75) is 6.42 Å². The number of pyridine rings is 2. The number of nitrogens with zero attached hydrogens (tertiary/aromatic N) is 2. The number of nitrogens with one attached hydrogen (secondary N) is 2. The lowest BCUT2D eigenvalue weighted by Crippen LogP contribution is -2.20. The Balaban J connectivity index is 1.67. The van der Waals surface area contributed by atoms with Crippen LogP contribution in [0.1, 0.15) is 32.0 Å². The zero-order chi connectivity index (χ0) is 19.2. The lowest BCUT2D eigenvalue weighted by atomic mass is 10.1. The molecule has 2 aromatic heterocycles. The predicted molar refractivity (Wildman–Crippen MR) is 99.0 cm³/mol. The number of rotatable bonds is 5. The first kappa shape index (κ1) is 18.2. The normalized spacial score (nSPS) is 10.3. The molecular weight excluding hydrogens is 347 g/mol. The Morgan fingerprint density at radius 3 is 2.56 bits per heavy atom. The highest BCUT2D eigenvalue weighted by Gasteiger charge is 2.12. The molecule has 7 heteroatoms. The quantitative estimate of drug-likeness (QED) is 0.729. The zero-order valence-corrected chi connectivity index (χ0v) is 14.6. The van der Waals surface area contributed by atoms with Gasteiger partial charge in [-0.3, -0.25) is 14.6 Å². The Hall–Kier alpha value is -3.61. The second-order valence-corrected chi connectivity index (χ2v) is 5.82.